The van der Waals surface area contributed by atoms with E-state index in [1.807, 2.05) is 48.6 Å². The van der Waals surface area contributed by atoms with Gasteiger partial charge in [-0.15, -0.1) is 0 Å². The molecule has 0 saturated carbocycles. The first-order chi connectivity index (χ1) is 8.75. The monoisotopic (exact) mass is 236 g/mol. The molecule has 0 bridgehead atoms. The summed E-state index contributed by atoms with van der Waals surface area (Å²) in [6.45, 7) is 1.66. The molecule has 0 atom stereocenters. The van der Waals surface area contributed by atoms with Gasteiger partial charge in [-0.05, 0) is 31.2 Å². The van der Waals surface area contributed by atoms with Gasteiger partial charge < -0.3 is 5.11 Å². The molecule has 0 spiro atoms. The summed E-state index contributed by atoms with van der Waals surface area (Å²) in [6, 6.07) is 7.73. The molecule has 1 heterocycles. The third kappa shape index (κ3) is 1.70. The zero-order valence-corrected chi connectivity index (χ0v) is 9.96. The van der Waals surface area contributed by atoms with Gasteiger partial charge in [-0.25, -0.2) is 9.97 Å². The highest BCUT2D eigenvalue weighted by atomic mass is 16.3. The Hall–Kier alpha value is -2.42. The normalized spacial score (nSPS) is 16.5. The topological polar surface area (TPSA) is 46.0 Å². The van der Waals surface area contributed by atoms with Gasteiger partial charge in [0.1, 0.15) is 0 Å². The van der Waals surface area contributed by atoms with Crippen molar-refractivity contribution >= 4 is 22.7 Å². The van der Waals surface area contributed by atoms with Crippen molar-refractivity contribution in [3.63, 3.8) is 0 Å². The zero-order chi connectivity index (χ0) is 12.5. The van der Waals surface area contributed by atoms with E-state index in [1.165, 1.54) is 0 Å². The lowest BCUT2D eigenvalue weighted by Gasteiger charge is -2.07. The molecule has 3 heteroatoms. The summed E-state index contributed by atoms with van der Waals surface area (Å²) in [4.78, 5) is 9.17. The van der Waals surface area contributed by atoms with E-state index in [-0.39, 0.29) is 5.76 Å². The molecule has 3 rings (SSSR count). The van der Waals surface area contributed by atoms with Crippen molar-refractivity contribution < 1.29 is 5.11 Å². The van der Waals surface area contributed by atoms with E-state index in [4.69, 9.17) is 0 Å². The second-order valence-corrected chi connectivity index (χ2v) is 4.16. The minimum atomic E-state index is 0.251. The number of hydrogen-bond acceptors (Lipinski definition) is 3. The Balaban J connectivity index is 2.37. The first-order valence-electron chi connectivity index (χ1n) is 5.77. The van der Waals surface area contributed by atoms with Gasteiger partial charge in [-0.1, -0.05) is 24.3 Å². The number of fused-ring (bicyclic) bond motifs is 2. The average molecular weight is 236 g/mol. The second kappa shape index (κ2) is 4.11. The van der Waals surface area contributed by atoms with Crippen molar-refractivity contribution in [1.82, 2.24) is 9.97 Å². The molecule has 18 heavy (non-hydrogen) atoms. The Morgan fingerprint density at radius 3 is 2.39 bits per heavy atom. The number of benzene rings is 1. The molecule has 0 fully saturated rings. The molecule has 1 aromatic carbocycles. The molecule has 2 aromatic rings. The van der Waals surface area contributed by atoms with E-state index in [0.29, 0.717) is 5.57 Å². The Bertz CT molecular complexity index is 708. The third-order valence-electron chi connectivity index (χ3n) is 2.87. The Kier molecular flexibility index (Phi) is 2.45. The maximum Gasteiger partial charge on any atom is 0.1000 e. The van der Waals surface area contributed by atoms with Crippen LogP contribution in [0, 0.1) is 0 Å². The summed E-state index contributed by atoms with van der Waals surface area (Å²) in [5.41, 5.74) is 3.91. The smallest absolute Gasteiger partial charge is 0.1000 e. The van der Waals surface area contributed by atoms with Crippen LogP contribution in [0.2, 0.25) is 0 Å². The highest BCUT2D eigenvalue weighted by Crippen LogP contribution is 2.25. The molecule has 3 nitrogen and oxygen atoms in total. The molecule has 0 aliphatic heterocycles. The van der Waals surface area contributed by atoms with Crippen LogP contribution in [0.4, 0.5) is 0 Å². The van der Waals surface area contributed by atoms with Crippen molar-refractivity contribution in [2.24, 2.45) is 0 Å². The molecule has 0 unspecified atom stereocenters. The number of allylic oxidation sites excluding steroid dienone is 5. The van der Waals surface area contributed by atoms with Crippen LogP contribution in [0.1, 0.15) is 18.3 Å². The van der Waals surface area contributed by atoms with Crippen LogP contribution >= 0.6 is 0 Å². The van der Waals surface area contributed by atoms with Crippen LogP contribution in [0.15, 0.2) is 48.3 Å². The maximum absolute atomic E-state index is 9.75. The molecular formula is C15H12N2O. The SMILES string of the molecule is C/C(O)=C1/C=CC=Cc2nc3ccccc3nc21. The number of nitrogens with zero attached hydrogens (tertiary/aromatic N) is 2. The molecule has 1 aliphatic rings. The van der Waals surface area contributed by atoms with Crippen LogP contribution in [-0.4, -0.2) is 15.1 Å². The Labute approximate surface area is 105 Å². The summed E-state index contributed by atoms with van der Waals surface area (Å²) in [7, 11) is 0. The molecule has 1 aromatic heterocycles. The summed E-state index contributed by atoms with van der Waals surface area (Å²) < 4.78 is 0. The van der Waals surface area contributed by atoms with Gasteiger partial charge in [0.25, 0.3) is 0 Å². The van der Waals surface area contributed by atoms with Crippen molar-refractivity contribution in [2.45, 2.75) is 6.92 Å². The lowest BCUT2D eigenvalue weighted by atomic mass is 10.1. The minimum Gasteiger partial charge on any atom is -0.512 e. The lowest BCUT2D eigenvalue weighted by Crippen LogP contribution is -1.98. The highest BCUT2D eigenvalue weighted by molar-refractivity contribution is 5.85. The van der Waals surface area contributed by atoms with Crippen LogP contribution in [-0.2, 0) is 0 Å². The maximum atomic E-state index is 9.75. The quantitative estimate of drug-likeness (QED) is 0.712. The lowest BCUT2D eigenvalue weighted by molar-refractivity contribution is 0.417. The first-order valence-corrected chi connectivity index (χ1v) is 5.77. The van der Waals surface area contributed by atoms with Crippen molar-refractivity contribution in [3.05, 3.63) is 59.6 Å². The molecule has 0 amide bonds. The fourth-order valence-corrected chi connectivity index (χ4v) is 2.00. The van der Waals surface area contributed by atoms with Gasteiger partial charge in [-0.2, -0.15) is 0 Å². The van der Waals surface area contributed by atoms with E-state index < -0.39 is 0 Å². The highest BCUT2D eigenvalue weighted by Gasteiger charge is 2.13. The Morgan fingerprint density at radius 1 is 1.00 bits per heavy atom. The van der Waals surface area contributed by atoms with E-state index in [1.54, 1.807) is 6.92 Å². The summed E-state index contributed by atoms with van der Waals surface area (Å²) in [6.07, 6.45) is 7.53. The minimum absolute atomic E-state index is 0.251. The molecule has 88 valence electrons. The summed E-state index contributed by atoms with van der Waals surface area (Å²) in [5, 5.41) is 9.75. The van der Waals surface area contributed by atoms with Crippen LogP contribution in [0.3, 0.4) is 0 Å². The predicted molar refractivity (Wildman–Crippen MR) is 72.9 cm³/mol. The fourth-order valence-electron chi connectivity index (χ4n) is 2.00. The fraction of sp³-hybridized carbons (Fsp3) is 0.0667. The largest absolute Gasteiger partial charge is 0.512 e. The summed E-state index contributed by atoms with van der Waals surface area (Å²) in [5.74, 6) is 0.251. The van der Waals surface area contributed by atoms with Crippen molar-refractivity contribution in [2.75, 3.05) is 0 Å². The van der Waals surface area contributed by atoms with Gasteiger partial charge in [0, 0.05) is 5.57 Å². The summed E-state index contributed by atoms with van der Waals surface area (Å²) >= 11 is 0. The first kappa shape index (κ1) is 10.7. The van der Waals surface area contributed by atoms with E-state index in [2.05, 4.69) is 9.97 Å². The standard InChI is InChI=1S/C15H12N2O/c1-10(18)11-6-2-3-9-14-15(11)17-13-8-5-4-7-12(13)16-14/h2-9,18H,1H3/b11-10+. The second-order valence-electron chi connectivity index (χ2n) is 4.16. The molecule has 1 aliphatic carbocycles. The molecule has 1 N–H and O–H groups in total. The number of para-hydroxylation sites is 2. The van der Waals surface area contributed by atoms with Crippen LogP contribution < -0.4 is 0 Å². The molecule has 0 radical (unpaired) electrons. The number of hydrogen-bond donors (Lipinski definition) is 1. The van der Waals surface area contributed by atoms with E-state index >= 15 is 0 Å². The Morgan fingerprint density at radius 2 is 1.67 bits per heavy atom. The zero-order valence-electron chi connectivity index (χ0n) is 9.96. The van der Waals surface area contributed by atoms with Gasteiger partial charge in [0.2, 0.25) is 0 Å². The molecular weight excluding hydrogens is 224 g/mol. The number of aliphatic hydroxyl groups is 1. The average Bonchev–Trinajstić information content (AvgIpc) is 2.58. The van der Waals surface area contributed by atoms with Gasteiger partial charge >= 0.3 is 0 Å². The van der Waals surface area contributed by atoms with Crippen LogP contribution in [0.5, 0.6) is 0 Å². The van der Waals surface area contributed by atoms with Gasteiger partial charge in [0.05, 0.1) is 28.2 Å². The molecule has 0 saturated heterocycles. The third-order valence-corrected chi connectivity index (χ3v) is 2.87. The van der Waals surface area contributed by atoms with Gasteiger partial charge in [-0.3, -0.25) is 0 Å². The van der Waals surface area contributed by atoms with Crippen molar-refractivity contribution in [1.29, 1.82) is 0 Å². The number of aliphatic hydroxyl groups excluding tert-OH is 1. The van der Waals surface area contributed by atoms with Crippen LogP contribution in [0.25, 0.3) is 22.7 Å². The van der Waals surface area contributed by atoms with Gasteiger partial charge in [0.15, 0.2) is 0 Å². The number of rotatable bonds is 0. The van der Waals surface area contributed by atoms with E-state index in [9.17, 15) is 5.11 Å². The van der Waals surface area contributed by atoms with Crippen molar-refractivity contribution in [3.8, 4) is 0 Å². The predicted octanol–water partition coefficient (Wildman–Crippen LogP) is 3.50. The van der Waals surface area contributed by atoms with E-state index in [0.717, 1.165) is 22.4 Å². The number of aromatic nitrogens is 2.